The molecular formula is C16H18N4O. The lowest BCUT2D eigenvalue weighted by atomic mass is 10.3. The second-order valence-electron chi connectivity index (χ2n) is 4.83. The van der Waals surface area contributed by atoms with Gasteiger partial charge in [0.15, 0.2) is 5.82 Å². The molecule has 108 valence electrons. The number of benzene rings is 1. The standard InChI is InChI=1S/C16H18N4O/c1-13-12-15-16(18-9-10-20(15)19-13)17-8-5-11-21-14-6-3-2-4-7-14/h2-4,6-7,9-10,12H,5,8,11H2,1H3,(H,17,18). The van der Waals surface area contributed by atoms with Gasteiger partial charge in [-0.15, -0.1) is 0 Å². The zero-order chi connectivity index (χ0) is 14.5. The molecule has 3 aromatic rings. The van der Waals surface area contributed by atoms with Gasteiger partial charge in [0.05, 0.1) is 12.3 Å². The highest BCUT2D eigenvalue weighted by molar-refractivity contribution is 5.67. The summed E-state index contributed by atoms with van der Waals surface area (Å²) in [6, 6.07) is 11.9. The summed E-state index contributed by atoms with van der Waals surface area (Å²) >= 11 is 0. The van der Waals surface area contributed by atoms with Crippen molar-refractivity contribution in [2.75, 3.05) is 18.5 Å². The third kappa shape index (κ3) is 3.31. The highest BCUT2D eigenvalue weighted by Gasteiger charge is 2.04. The van der Waals surface area contributed by atoms with Gasteiger partial charge in [-0.2, -0.15) is 5.10 Å². The number of aryl methyl sites for hydroxylation is 1. The Balaban J connectivity index is 1.51. The van der Waals surface area contributed by atoms with E-state index in [1.807, 2.05) is 54.0 Å². The molecule has 0 amide bonds. The second-order valence-corrected chi connectivity index (χ2v) is 4.83. The van der Waals surface area contributed by atoms with E-state index in [2.05, 4.69) is 15.4 Å². The molecule has 1 N–H and O–H groups in total. The topological polar surface area (TPSA) is 51.5 Å². The molecule has 3 rings (SSSR count). The lowest BCUT2D eigenvalue weighted by Gasteiger charge is -2.08. The number of fused-ring (bicyclic) bond motifs is 1. The summed E-state index contributed by atoms with van der Waals surface area (Å²) in [5, 5.41) is 7.71. The average Bonchev–Trinajstić information content (AvgIpc) is 2.89. The first kappa shape index (κ1) is 13.4. The number of ether oxygens (including phenoxy) is 1. The maximum absolute atomic E-state index is 5.66. The molecule has 0 radical (unpaired) electrons. The van der Waals surface area contributed by atoms with Crippen molar-refractivity contribution in [3.8, 4) is 5.75 Å². The molecule has 0 aliphatic carbocycles. The Morgan fingerprint density at radius 2 is 2.10 bits per heavy atom. The molecule has 0 fully saturated rings. The molecule has 5 heteroatoms. The summed E-state index contributed by atoms with van der Waals surface area (Å²) < 4.78 is 7.50. The molecule has 5 nitrogen and oxygen atoms in total. The van der Waals surface area contributed by atoms with Gasteiger partial charge < -0.3 is 10.1 Å². The van der Waals surface area contributed by atoms with Crippen LogP contribution in [0, 0.1) is 6.92 Å². The normalized spacial score (nSPS) is 10.7. The Hall–Kier alpha value is -2.56. The maximum Gasteiger partial charge on any atom is 0.152 e. The van der Waals surface area contributed by atoms with E-state index in [9.17, 15) is 0 Å². The van der Waals surface area contributed by atoms with Crippen LogP contribution in [0.3, 0.4) is 0 Å². The number of anilines is 1. The van der Waals surface area contributed by atoms with E-state index < -0.39 is 0 Å². The van der Waals surface area contributed by atoms with Crippen LogP contribution in [0.4, 0.5) is 5.82 Å². The van der Waals surface area contributed by atoms with Gasteiger partial charge in [-0.05, 0) is 31.5 Å². The molecule has 0 atom stereocenters. The van der Waals surface area contributed by atoms with Gasteiger partial charge in [0, 0.05) is 18.9 Å². The van der Waals surface area contributed by atoms with Crippen molar-refractivity contribution >= 4 is 11.3 Å². The molecule has 0 aliphatic rings. The van der Waals surface area contributed by atoms with E-state index in [0.29, 0.717) is 6.61 Å². The van der Waals surface area contributed by atoms with E-state index >= 15 is 0 Å². The van der Waals surface area contributed by atoms with E-state index in [0.717, 1.165) is 35.7 Å². The highest BCUT2D eigenvalue weighted by atomic mass is 16.5. The number of nitrogens with zero attached hydrogens (tertiary/aromatic N) is 3. The van der Waals surface area contributed by atoms with Gasteiger partial charge in [0.25, 0.3) is 0 Å². The van der Waals surface area contributed by atoms with Crippen molar-refractivity contribution in [3.05, 3.63) is 54.5 Å². The lowest BCUT2D eigenvalue weighted by Crippen LogP contribution is -2.09. The zero-order valence-electron chi connectivity index (χ0n) is 12.0. The number of para-hydroxylation sites is 1. The Morgan fingerprint density at radius 3 is 2.95 bits per heavy atom. The van der Waals surface area contributed by atoms with Crippen LogP contribution in [0.2, 0.25) is 0 Å². The third-order valence-electron chi connectivity index (χ3n) is 3.14. The predicted molar refractivity (Wildman–Crippen MR) is 82.8 cm³/mol. The van der Waals surface area contributed by atoms with E-state index in [-0.39, 0.29) is 0 Å². The molecular weight excluding hydrogens is 264 g/mol. The van der Waals surface area contributed by atoms with Crippen molar-refractivity contribution in [2.45, 2.75) is 13.3 Å². The minimum atomic E-state index is 0.679. The Morgan fingerprint density at radius 1 is 1.24 bits per heavy atom. The lowest BCUT2D eigenvalue weighted by molar-refractivity contribution is 0.315. The molecule has 0 bridgehead atoms. The molecule has 0 spiro atoms. The van der Waals surface area contributed by atoms with Crippen LogP contribution < -0.4 is 10.1 Å². The summed E-state index contributed by atoms with van der Waals surface area (Å²) in [7, 11) is 0. The number of nitrogens with one attached hydrogen (secondary N) is 1. The first-order valence-corrected chi connectivity index (χ1v) is 7.05. The smallest absolute Gasteiger partial charge is 0.152 e. The molecule has 21 heavy (non-hydrogen) atoms. The maximum atomic E-state index is 5.66. The van der Waals surface area contributed by atoms with E-state index in [1.54, 1.807) is 6.20 Å². The van der Waals surface area contributed by atoms with Gasteiger partial charge in [0.1, 0.15) is 11.3 Å². The van der Waals surface area contributed by atoms with Crippen molar-refractivity contribution < 1.29 is 4.74 Å². The van der Waals surface area contributed by atoms with Crippen LogP contribution in [0.25, 0.3) is 5.52 Å². The third-order valence-corrected chi connectivity index (χ3v) is 3.14. The predicted octanol–water partition coefficient (Wildman–Crippen LogP) is 2.92. The number of hydrogen-bond acceptors (Lipinski definition) is 4. The van der Waals surface area contributed by atoms with E-state index in [1.165, 1.54) is 0 Å². The highest BCUT2D eigenvalue weighted by Crippen LogP contribution is 2.14. The quantitative estimate of drug-likeness (QED) is 0.706. The SMILES string of the molecule is Cc1cc2c(NCCCOc3ccccc3)nccn2n1. The molecule has 0 aliphatic heterocycles. The minimum absolute atomic E-state index is 0.679. The second kappa shape index (κ2) is 6.26. The van der Waals surface area contributed by atoms with Crippen molar-refractivity contribution in [1.82, 2.24) is 14.6 Å². The minimum Gasteiger partial charge on any atom is -0.494 e. The van der Waals surface area contributed by atoms with Gasteiger partial charge >= 0.3 is 0 Å². The molecule has 0 unspecified atom stereocenters. The van der Waals surface area contributed by atoms with Crippen LogP contribution in [0.15, 0.2) is 48.8 Å². The summed E-state index contributed by atoms with van der Waals surface area (Å²) in [5.41, 5.74) is 1.98. The average molecular weight is 282 g/mol. The Kier molecular flexibility index (Phi) is 4.00. The summed E-state index contributed by atoms with van der Waals surface area (Å²) in [4.78, 5) is 4.36. The van der Waals surface area contributed by atoms with Crippen LogP contribution >= 0.6 is 0 Å². The molecule has 2 aromatic heterocycles. The van der Waals surface area contributed by atoms with Crippen LogP contribution in [0.5, 0.6) is 5.75 Å². The van der Waals surface area contributed by atoms with Gasteiger partial charge in [-0.25, -0.2) is 9.50 Å². The number of rotatable bonds is 6. The Labute approximate surface area is 123 Å². The van der Waals surface area contributed by atoms with Crippen molar-refractivity contribution in [2.24, 2.45) is 0 Å². The van der Waals surface area contributed by atoms with Crippen LogP contribution in [-0.2, 0) is 0 Å². The molecule has 2 heterocycles. The number of hydrogen-bond donors (Lipinski definition) is 1. The van der Waals surface area contributed by atoms with E-state index in [4.69, 9.17) is 4.74 Å². The first-order valence-electron chi connectivity index (χ1n) is 7.05. The van der Waals surface area contributed by atoms with Gasteiger partial charge in [-0.3, -0.25) is 0 Å². The fraction of sp³-hybridized carbons (Fsp3) is 0.250. The largest absolute Gasteiger partial charge is 0.494 e. The summed E-state index contributed by atoms with van der Waals surface area (Å²) in [5.74, 6) is 1.77. The summed E-state index contributed by atoms with van der Waals surface area (Å²) in [6.07, 6.45) is 4.51. The Bertz CT molecular complexity index is 709. The fourth-order valence-electron chi connectivity index (χ4n) is 2.17. The van der Waals surface area contributed by atoms with Gasteiger partial charge in [-0.1, -0.05) is 18.2 Å². The number of aromatic nitrogens is 3. The molecule has 1 aromatic carbocycles. The van der Waals surface area contributed by atoms with Crippen molar-refractivity contribution in [3.63, 3.8) is 0 Å². The van der Waals surface area contributed by atoms with Crippen LogP contribution in [-0.4, -0.2) is 27.7 Å². The van der Waals surface area contributed by atoms with Crippen LogP contribution in [0.1, 0.15) is 12.1 Å². The van der Waals surface area contributed by atoms with Crippen molar-refractivity contribution in [1.29, 1.82) is 0 Å². The monoisotopic (exact) mass is 282 g/mol. The van der Waals surface area contributed by atoms with Gasteiger partial charge in [0.2, 0.25) is 0 Å². The summed E-state index contributed by atoms with van der Waals surface area (Å²) in [6.45, 7) is 3.46. The first-order chi connectivity index (χ1) is 10.3. The zero-order valence-corrected chi connectivity index (χ0v) is 12.0. The molecule has 0 saturated carbocycles. The fourth-order valence-corrected chi connectivity index (χ4v) is 2.17. The molecule has 0 saturated heterocycles.